The van der Waals surface area contributed by atoms with Gasteiger partial charge in [-0.05, 0) is 83.2 Å². The molecule has 2 aliphatic heterocycles. The monoisotopic (exact) mass is 548 g/mol. The van der Waals surface area contributed by atoms with Crippen molar-refractivity contribution in [3.63, 3.8) is 0 Å². The highest BCUT2D eigenvalue weighted by Gasteiger charge is 2.43. The number of ether oxygens (including phenoxy) is 1. The molecule has 0 spiro atoms. The van der Waals surface area contributed by atoms with Crippen LogP contribution < -0.4 is 20.3 Å². The van der Waals surface area contributed by atoms with Crippen molar-refractivity contribution in [2.24, 2.45) is 0 Å². The third-order valence-electron chi connectivity index (χ3n) is 7.31. The zero-order valence-corrected chi connectivity index (χ0v) is 22.5. The number of carbonyl (C=O) groups excluding carboxylic acids is 2. The standard InChI is InChI=1S/C28H35F3N4O4/c1-27(2,38)17-6-9-22(21(29)11-17)39-28(3,4)26(37)34-18-12-19-7-8-20(13-18)35(19)24-10-5-16(14-32-24)25(36)33-15-23(30)31/h5-6,9-11,14,18-20,23,38H,7-8,12-13,15H2,1-4H3,(H,33,36)(H,34,37)/t18?,19-,20+. The number of nitrogens with one attached hydrogen (secondary N) is 2. The molecule has 8 nitrogen and oxygen atoms in total. The largest absolute Gasteiger partial charge is 0.475 e. The van der Waals surface area contributed by atoms with Gasteiger partial charge in [0.05, 0.1) is 17.7 Å². The number of aromatic nitrogens is 1. The highest BCUT2D eigenvalue weighted by molar-refractivity contribution is 5.94. The maximum atomic E-state index is 14.7. The molecular formula is C28H35F3N4O4. The molecule has 0 saturated carbocycles. The Morgan fingerprint density at radius 2 is 1.79 bits per heavy atom. The minimum absolute atomic E-state index is 0.0737. The second-order valence-electron chi connectivity index (χ2n) is 11.3. The van der Waals surface area contributed by atoms with Gasteiger partial charge in [0.15, 0.2) is 17.2 Å². The third-order valence-corrected chi connectivity index (χ3v) is 7.31. The number of carbonyl (C=O) groups is 2. The summed E-state index contributed by atoms with van der Waals surface area (Å²) in [6.07, 6.45) is 1.98. The van der Waals surface area contributed by atoms with Crippen LogP contribution in [0.2, 0.25) is 0 Å². The number of alkyl halides is 2. The maximum Gasteiger partial charge on any atom is 0.263 e. The first-order chi connectivity index (χ1) is 18.2. The lowest BCUT2D eigenvalue weighted by atomic mass is 9.96. The molecule has 212 valence electrons. The molecule has 2 saturated heterocycles. The first kappa shape index (κ1) is 28.7. The number of hydrogen-bond acceptors (Lipinski definition) is 6. The number of rotatable bonds is 9. The van der Waals surface area contributed by atoms with E-state index in [1.807, 2.05) is 0 Å². The van der Waals surface area contributed by atoms with Crippen LogP contribution in [0.25, 0.3) is 0 Å². The van der Waals surface area contributed by atoms with Gasteiger partial charge in [0.1, 0.15) is 5.82 Å². The molecule has 1 unspecified atom stereocenters. The quantitative estimate of drug-likeness (QED) is 0.439. The van der Waals surface area contributed by atoms with E-state index in [2.05, 4.69) is 20.5 Å². The second-order valence-corrected chi connectivity index (χ2v) is 11.3. The van der Waals surface area contributed by atoms with Crippen LogP contribution in [0.1, 0.15) is 69.3 Å². The summed E-state index contributed by atoms with van der Waals surface area (Å²) < 4.78 is 45.1. The summed E-state index contributed by atoms with van der Waals surface area (Å²) in [7, 11) is 0. The molecule has 0 radical (unpaired) electrons. The topological polar surface area (TPSA) is 104 Å². The molecule has 1 aromatic heterocycles. The van der Waals surface area contributed by atoms with E-state index < -0.39 is 35.9 Å². The number of halogens is 3. The van der Waals surface area contributed by atoms with Crippen molar-refractivity contribution >= 4 is 17.6 Å². The van der Waals surface area contributed by atoms with E-state index in [9.17, 15) is 27.9 Å². The predicted molar refractivity (Wildman–Crippen MR) is 139 cm³/mol. The fourth-order valence-electron chi connectivity index (χ4n) is 5.26. The Bertz CT molecular complexity index is 1190. The molecule has 2 fully saturated rings. The molecule has 39 heavy (non-hydrogen) atoms. The molecule has 2 bridgehead atoms. The Balaban J connectivity index is 1.36. The molecule has 11 heteroatoms. The Morgan fingerprint density at radius 3 is 2.33 bits per heavy atom. The Labute approximate surface area is 225 Å². The molecule has 2 aromatic rings. The van der Waals surface area contributed by atoms with Crippen molar-refractivity contribution in [1.29, 1.82) is 0 Å². The summed E-state index contributed by atoms with van der Waals surface area (Å²) >= 11 is 0. The maximum absolute atomic E-state index is 14.7. The zero-order chi connectivity index (χ0) is 28.5. The van der Waals surface area contributed by atoms with Gasteiger partial charge in [0.2, 0.25) is 0 Å². The lowest BCUT2D eigenvalue weighted by Crippen LogP contribution is -2.55. The van der Waals surface area contributed by atoms with Gasteiger partial charge >= 0.3 is 0 Å². The fraction of sp³-hybridized carbons (Fsp3) is 0.536. The number of anilines is 1. The number of hydrogen-bond donors (Lipinski definition) is 3. The van der Waals surface area contributed by atoms with E-state index in [1.54, 1.807) is 45.9 Å². The highest BCUT2D eigenvalue weighted by Crippen LogP contribution is 2.39. The van der Waals surface area contributed by atoms with Crippen LogP contribution in [0.3, 0.4) is 0 Å². The van der Waals surface area contributed by atoms with Gasteiger partial charge in [-0.3, -0.25) is 9.59 Å². The van der Waals surface area contributed by atoms with Crippen molar-refractivity contribution in [2.75, 3.05) is 11.4 Å². The summed E-state index contributed by atoms with van der Waals surface area (Å²) in [5.41, 5.74) is -1.93. The van der Waals surface area contributed by atoms with Gasteiger partial charge in [0, 0.05) is 24.3 Å². The van der Waals surface area contributed by atoms with E-state index in [-0.39, 0.29) is 35.3 Å². The molecule has 3 N–H and O–H groups in total. The van der Waals surface area contributed by atoms with Crippen LogP contribution in [0.5, 0.6) is 5.75 Å². The lowest BCUT2D eigenvalue weighted by molar-refractivity contribution is -0.135. The predicted octanol–water partition coefficient (Wildman–Crippen LogP) is 3.92. The first-order valence-electron chi connectivity index (χ1n) is 13.1. The van der Waals surface area contributed by atoms with Gasteiger partial charge in [-0.2, -0.15) is 0 Å². The Morgan fingerprint density at radius 1 is 1.13 bits per heavy atom. The number of aliphatic hydroxyl groups is 1. The van der Waals surface area contributed by atoms with Gasteiger partial charge in [0.25, 0.3) is 18.2 Å². The van der Waals surface area contributed by atoms with Crippen molar-refractivity contribution in [2.45, 2.75) is 89.1 Å². The van der Waals surface area contributed by atoms with Crippen molar-refractivity contribution in [3.05, 3.63) is 53.5 Å². The van der Waals surface area contributed by atoms with Crippen LogP contribution in [0, 0.1) is 5.82 Å². The summed E-state index contributed by atoms with van der Waals surface area (Å²) in [5.74, 6) is -0.992. The van der Waals surface area contributed by atoms with Crippen LogP contribution in [-0.4, -0.2) is 58.6 Å². The van der Waals surface area contributed by atoms with Crippen molar-refractivity contribution in [1.82, 2.24) is 15.6 Å². The van der Waals surface area contributed by atoms with Gasteiger partial charge in [-0.15, -0.1) is 0 Å². The molecular weight excluding hydrogens is 513 g/mol. The van der Waals surface area contributed by atoms with Crippen molar-refractivity contribution in [3.8, 4) is 5.75 Å². The van der Waals surface area contributed by atoms with E-state index >= 15 is 0 Å². The molecule has 3 atom stereocenters. The number of piperidine rings is 1. The van der Waals surface area contributed by atoms with Crippen LogP contribution >= 0.6 is 0 Å². The van der Waals surface area contributed by atoms with Crippen LogP contribution in [0.15, 0.2) is 36.5 Å². The zero-order valence-electron chi connectivity index (χ0n) is 22.5. The van der Waals surface area contributed by atoms with Crippen LogP contribution in [0.4, 0.5) is 19.0 Å². The minimum atomic E-state index is -2.62. The molecule has 4 rings (SSSR count). The average molecular weight is 549 g/mol. The normalized spacial score (nSPS) is 21.2. The van der Waals surface area contributed by atoms with E-state index in [1.165, 1.54) is 18.3 Å². The van der Waals surface area contributed by atoms with Gasteiger partial charge in [-0.25, -0.2) is 18.2 Å². The number of nitrogens with zero attached hydrogens (tertiary/aromatic N) is 2. The van der Waals surface area contributed by atoms with Gasteiger partial charge in [-0.1, -0.05) is 6.07 Å². The minimum Gasteiger partial charge on any atom is -0.475 e. The van der Waals surface area contributed by atoms with E-state index in [0.717, 1.165) is 12.8 Å². The lowest BCUT2D eigenvalue weighted by Gasteiger charge is -2.40. The third kappa shape index (κ3) is 6.63. The summed E-state index contributed by atoms with van der Waals surface area (Å²) in [6.45, 7) is 5.56. The molecule has 2 amide bonds. The first-order valence-corrected chi connectivity index (χ1v) is 13.1. The number of benzene rings is 1. The molecule has 0 aliphatic carbocycles. The Kier molecular flexibility index (Phi) is 8.11. The van der Waals surface area contributed by atoms with Crippen molar-refractivity contribution < 1.29 is 32.6 Å². The smallest absolute Gasteiger partial charge is 0.263 e. The average Bonchev–Trinajstić information content (AvgIpc) is 3.13. The summed E-state index contributed by atoms with van der Waals surface area (Å²) in [4.78, 5) is 31.8. The van der Waals surface area contributed by atoms with E-state index in [0.29, 0.717) is 24.2 Å². The number of fused-ring (bicyclic) bond motifs is 2. The van der Waals surface area contributed by atoms with Crippen LogP contribution in [-0.2, 0) is 10.4 Å². The van der Waals surface area contributed by atoms with Gasteiger partial charge < -0.3 is 25.4 Å². The summed E-state index contributed by atoms with van der Waals surface area (Å²) in [5, 5.41) is 15.3. The molecule has 2 aliphatic rings. The fourth-order valence-corrected chi connectivity index (χ4v) is 5.26. The highest BCUT2D eigenvalue weighted by atomic mass is 19.3. The Hall–Kier alpha value is -3.34. The van der Waals surface area contributed by atoms with E-state index in [4.69, 9.17) is 4.74 Å². The molecule has 3 heterocycles. The SMILES string of the molecule is CC(C)(Oc1ccc(C(C)(C)O)cc1F)C(=O)NC1C[C@H]2CC[C@@H](C1)N2c1ccc(C(=O)NCC(F)F)cn1. The number of pyridine rings is 1. The number of amides is 2. The summed E-state index contributed by atoms with van der Waals surface area (Å²) in [6, 6.07) is 7.64. The molecule has 1 aromatic carbocycles. The second kappa shape index (κ2) is 11.0.